The van der Waals surface area contributed by atoms with Crippen LogP contribution in [0.1, 0.15) is 16.1 Å². The summed E-state index contributed by atoms with van der Waals surface area (Å²) in [5, 5.41) is 0. The van der Waals surface area contributed by atoms with Crippen LogP contribution in [0.3, 0.4) is 0 Å². The van der Waals surface area contributed by atoms with Crippen molar-refractivity contribution in [1.29, 1.82) is 0 Å². The van der Waals surface area contributed by atoms with E-state index >= 15 is 0 Å². The molecule has 0 aliphatic carbocycles. The zero-order chi connectivity index (χ0) is 13.8. The number of anilines is 1. The first-order chi connectivity index (χ1) is 9.09. The number of nitrogens with two attached hydrogens (primary N) is 1. The third kappa shape index (κ3) is 2.88. The van der Waals surface area contributed by atoms with E-state index in [2.05, 4.69) is 4.98 Å². The SMILES string of the molecule is CN(Cc1ccccn1)C(=O)c1cccc(F)c1N. The van der Waals surface area contributed by atoms with E-state index in [1.165, 1.54) is 23.1 Å². The van der Waals surface area contributed by atoms with Crippen molar-refractivity contribution in [2.24, 2.45) is 0 Å². The summed E-state index contributed by atoms with van der Waals surface area (Å²) in [7, 11) is 1.63. The topological polar surface area (TPSA) is 59.2 Å². The Balaban J connectivity index is 2.18. The van der Waals surface area contributed by atoms with Gasteiger partial charge in [0.25, 0.3) is 5.91 Å². The van der Waals surface area contributed by atoms with Gasteiger partial charge in [0.1, 0.15) is 5.82 Å². The van der Waals surface area contributed by atoms with E-state index in [9.17, 15) is 9.18 Å². The molecule has 2 aromatic rings. The zero-order valence-corrected chi connectivity index (χ0v) is 10.5. The fourth-order valence-corrected chi connectivity index (χ4v) is 1.74. The molecule has 0 bridgehead atoms. The van der Waals surface area contributed by atoms with Crippen molar-refractivity contribution < 1.29 is 9.18 Å². The van der Waals surface area contributed by atoms with Gasteiger partial charge in [-0.1, -0.05) is 12.1 Å². The minimum absolute atomic E-state index is 0.125. The second-order valence-corrected chi connectivity index (χ2v) is 4.18. The monoisotopic (exact) mass is 259 g/mol. The number of hydrogen-bond donors (Lipinski definition) is 1. The Bertz CT molecular complexity index is 586. The summed E-state index contributed by atoms with van der Waals surface area (Å²) in [6, 6.07) is 9.67. The average molecular weight is 259 g/mol. The molecular weight excluding hydrogens is 245 g/mol. The van der Waals surface area contributed by atoms with Crippen molar-refractivity contribution in [3.8, 4) is 0 Å². The van der Waals surface area contributed by atoms with Crippen LogP contribution in [0.15, 0.2) is 42.6 Å². The Kier molecular flexibility index (Phi) is 3.75. The number of pyridine rings is 1. The molecule has 98 valence electrons. The standard InChI is InChI=1S/C14H14FN3O/c1-18(9-10-5-2-3-8-17-10)14(19)11-6-4-7-12(15)13(11)16/h2-8H,9,16H2,1H3. The summed E-state index contributed by atoms with van der Waals surface area (Å²) in [6.07, 6.45) is 1.66. The fraction of sp³-hybridized carbons (Fsp3) is 0.143. The normalized spacial score (nSPS) is 10.2. The molecule has 2 N–H and O–H groups in total. The minimum atomic E-state index is -0.586. The third-order valence-electron chi connectivity index (χ3n) is 2.76. The second kappa shape index (κ2) is 5.48. The molecule has 0 saturated heterocycles. The molecule has 0 unspecified atom stereocenters. The number of carbonyl (C=O) groups is 1. The van der Waals surface area contributed by atoms with Crippen LogP contribution in [0.4, 0.5) is 10.1 Å². The Morgan fingerprint density at radius 1 is 1.32 bits per heavy atom. The highest BCUT2D eigenvalue weighted by Crippen LogP contribution is 2.17. The number of benzene rings is 1. The number of halogens is 1. The summed E-state index contributed by atoms with van der Waals surface area (Å²) in [6.45, 7) is 0.343. The molecule has 0 aliphatic heterocycles. The van der Waals surface area contributed by atoms with Gasteiger partial charge in [0.15, 0.2) is 0 Å². The first kappa shape index (κ1) is 13.0. The highest BCUT2D eigenvalue weighted by molar-refractivity contribution is 5.99. The Labute approximate surface area is 110 Å². The van der Waals surface area contributed by atoms with Crippen LogP contribution < -0.4 is 5.73 Å². The molecule has 0 fully saturated rings. The van der Waals surface area contributed by atoms with Crippen molar-refractivity contribution in [3.05, 3.63) is 59.7 Å². The van der Waals surface area contributed by atoms with Gasteiger partial charge >= 0.3 is 0 Å². The first-order valence-electron chi connectivity index (χ1n) is 5.79. The maximum Gasteiger partial charge on any atom is 0.256 e. The summed E-state index contributed by atoms with van der Waals surface area (Å²) in [4.78, 5) is 17.8. The Morgan fingerprint density at radius 2 is 2.11 bits per heavy atom. The maximum atomic E-state index is 13.3. The molecule has 4 nitrogen and oxygen atoms in total. The lowest BCUT2D eigenvalue weighted by atomic mass is 10.1. The van der Waals surface area contributed by atoms with Gasteiger partial charge in [-0.15, -0.1) is 0 Å². The number of hydrogen-bond acceptors (Lipinski definition) is 3. The van der Waals surface area contributed by atoms with Gasteiger partial charge in [0.05, 0.1) is 23.5 Å². The van der Waals surface area contributed by atoms with Crippen molar-refractivity contribution >= 4 is 11.6 Å². The van der Waals surface area contributed by atoms with Gasteiger partial charge < -0.3 is 10.6 Å². The maximum absolute atomic E-state index is 13.3. The quantitative estimate of drug-likeness (QED) is 0.858. The molecule has 0 radical (unpaired) electrons. The van der Waals surface area contributed by atoms with Crippen molar-refractivity contribution in [2.75, 3.05) is 12.8 Å². The van der Waals surface area contributed by atoms with E-state index in [0.29, 0.717) is 6.54 Å². The van der Waals surface area contributed by atoms with Gasteiger partial charge in [-0.05, 0) is 24.3 Å². The first-order valence-corrected chi connectivity index (χ1v) is 5.79. The Hall–Kier alpha value is -2.43. The van der Waals surface area contributed by atoms with E-state index in [-0.39, 0.29) is 17.2 Å². The van der Waals surface area contributed by atoms with Crippen LogP contribution in [0.5, 0.6) is 0 Å². The predicted octanol–water partition coefficient (Wildman–Crippen LogP) is 2.08. The molecule has 19 heavy (non-hydrogen) atoms. The number of aromatic nitrogens is 1. The Morgan fingerprint density at radius 3 is 2.79 bits per heavy atom. The molecule has 1 aromatic carbocycles. The molecular formula is C14H14FN3O. The molecule has 0 atom stereocenters. The van der Waals surface area contributed by atoms with Crippen LogP contribution in [-0.2, 0) is 6.54 Å². The molecule has 0 saturated carbocycles. The van der Waals surface area contributed by atoms with E-state index in [0.717, 1.165) is 5.69 Å². The summed E-state index contributed by atoms with van der Waals surface area (Å²) < 4.78 is 13.3. The highest BCUT2D eigenvalue weighted by Gasteiger charge is 2.17. The number of amides is 1. The molecule has 5 heteroatoms. The molecule has 2 rings (SSSR count). The van der Waals surface area contributed by atoms with Gasteiger partial charge in [0.2, 0.25) is 0 Å². The van der Waals surface area contributed by atoms with Gasteiger partial charge in [-0.3, -0.25) is 9.78 Å². The minimum Gasteiger partial charge on any atom is -0.396 e. The van der Waals surface area contributed by atoms with Crippen LogP contribution in [0.25, 0.3) is 0 Å². The summed E-state index contributed by atoms with van der Waals surface area (Å²) in [5.41, 5.74) is 6.37. The predicted molar refractivity (Wildman–Crippen MR) is 70.8 cm³/mol. The zero-order valence-electron chi connectivity index (χ0n) is 10.5. The third-order valence-corrected chi connectivity index (χ3v) is 2.76. The molecule has 1 heterocycles. The largest absolute Gasteiger partial charge is 0.396 e. The number of nitrogens with zero attached hydrogens (tertiary/aromatic N) is 2. The summed E-state index contributed by atoms with van der Waals surface area (Å²) >= 11 is 0. The highest BCUT2D eigenvalue weighted by atomic mass is 19.1. The molecule has 1 amide bonds. The van der Waals surface area contributed by atoms with Crippen molar-refractivity contribution in [3.63, 3.8) is 0 Å². The van der Waals surface area contributed by atoms with Gasteiger partial charge in [-0.25, -0.2) is 4.39 Å². The van der Waals surface area contributed by atoms with E-state index in [1.807, 2.05) is 12.1 Å². The number of para-hydroxylation sites is 1. The van der Waals surface area contributed by atoms with Crippen LogP contribution in [0.2, 0.25) is 0 Å². The van der Waals surface area contributed by atoms with E-state index in [4.69, 9.17) is 5.73 Å². The molecule has 1 aromatic heterocycles. The summed E-state index contributed by atoms with van der Waals surface area (Å²) in [5.74, 6) is -0.917. The van der Waals surface area contributed by atoms with Crippen molar-refractivity contribution in [1.82, 2.24) is 9.88 Å². The lowest BCUT2D eigenvalue weighted by molar-refractivity contribution is 0.0784. The van der Waals surface area contributed by atoms with E-state index < -0.39 is 5.82 Å². The number of rotatable bonds is 3. The number of nitrogen functional groups attached to an aromatic ring is 1. The van der Waals surface area contributed by atoms with Gasteiger partial charge in [0, 0.05) is 13.2 Å². The fourth-order valence-electron chi connectivity index (χ4n) is 1.74. The average Bonchev–Trinajstić information content (AvgIpc) is 2.42. The molecule has 0 aliphatic rings. The van der Waals surface area contributed by atoms with Crippen LogP contribution >= 0.6 is 0 Å². The smallest absolute Gasteiger partial charge is 0.256 e. The lowest BCUT2D eigenvalue weighted by Crippen LogP contribution is -2.27. The van der Waals surface area contributed by atoms with Gasteiger partial charge in [-0.2, -0.15) is 0 Å². The number of carbonyl (C=O) groups excluding carboxylic acids is 1. The second-order valence-electron chi connectivity index (χ2n) is 4.18. The molecule has 0 spiro atoms. The lowest BCUT2D eigenvalue weighted by Gasteiger charge is -2.17. The van der Waals surface area contributed by atoms with Crippen molar-refractivity contribution in [2.45, 2.75) is 6.54 Å². The van der Waals surface area contributed by atoms with Crippen LogP contribution in [-0.4, -0.2) is 22.8 Å². The van der Waals surface area contributed by atoms with Crippen LogP contribution in [0, 0.1) is 5.82 Å². The van der Waals surface area contributed by atoms with E-state index in [1.54, 1.807) is 19.3 Å².